The summed E-state index contributed by atoms with van der Waals surface area (Å²) in [6.07, 6.45) is 4.04. The van der Waals surface area contributed by atoms with Crippen molar-refractivity contribution in [1.29, 1.82) is 0 Å². The van der Waals surface area contributed by atoms with Gasteiger partial charge < -0.3 is 20.1 Å². The molecule has 1 aliphatic heterocycles. The van der Waals surface area contributed by atoms with Crippen LogP contribution in [0, 0.1) is 5.92 Å². The van der Waals surface area contributed by atoms with Crippen LogP contribution < -0.4 is 5.32 Å². The lowest BCUT2D eigenvalue weighted by Crippen LogP contribution is -2.46. The molecular formula is C28H32N2O5. The molecule has 1 unspecified atom stereocenters. The molecule has 2 aliphatic carbocycles. The molecule has 5 rings (SSSR count). The van der Waals surface area contributed by atoms with Gasteiger partial charge in [0, 0.05) is 37.4 Å². The Kier molecular flexibility index (Phi) is 6.75. The molecule has 2 amide bonds. The molecule has 0 spiro atoms. The van der Waals surface area contributed by atoms with E-state index in [9.17, 15) is 14.4 Å². The Morgan fingerprint density at radius 1 is 1.00 bits per heavy atom. The van der Waals surface area contributed by atoms with Crippen LogP contribution in [-0.2, 0) is 14.3 Å². The first-order valence-electron chi connectivity index (χ1n) is 12.6. The average molecular weight is 477 g/mol. The minimum absolute atomic E-state index is 0.0323. The number of carbonyl (C=O) groups is 3. The van der Waals surface area contributed by atoms with E-state index in [0.717, 1.165) is 32.2 Å². The van der Waals surface area contributed by atoms with Crippen molar-refractivity contribution in [2.45, 2.75) is 62.9 Å². The third-order valence-corrected chi connectivity index (χ3v) is 7.75. The molecule has 2 N–H and O–H groups in total. The van der Waals surface area contributed by atoms with Crippen molar-refractivity contribution in [2.75, 3.05) is 13.2 Å². The Balaban J connectivity index is 1.06. The number of benzene rings is 2. The van der Waals surface area contributed by atoms with Crippen molar-refractivity contribution < 1.29 is 24.2 Å². The molecule has 0 aromatic heterocycles. The number of hydrogen-bond acceptors (Lipinski definition) is 4. The number of fused-ring (bicyclic) bond motifs is 3. The molecule has 1 atom stereocenters. The van der Waals surface area contributed by atoms with Crippen LogP contribution >= 0.6 is 0 Å². The molecule has 7 nitrogen and oxygen atoms in total. The molecule has 1 saturated carbocycles. The van der Waals surface area contributed by atoms with Crippen LogP contribution in [0.2, 0.25) is 0 Å². The fourth-order valence-electron chi connectivity index (χ4n) is 5.95. The fraction of sp³-hybridized carbons (Fsp3) is 0.464. The van der Waals surface area contributed by atoms with E-state index in [1.165, 1.54) is 22.3 Å². The highest BCUT2D eigenvalue weighted by Crippen LogP contribution is 2.44. The highest BCUT2D eigenvalue weighted by molar-refractivity contribution is 5.79. The van der Waals surface area contributed by atoms with E-state index in [1.807, 2.05) is 29.2 Å². The first-order valence-corrected chi connectivity index (χ1v) is 12.6. The minimum Gasteiger partial charge on any atom is -0.481 e. The van der Waals surface area contributed by atoms with Crippen molar-refractivity contribution in [1.82, 2.24) is 10.2 Å². The van der Waals surface area contributed by atoms with Crippen molar-refractivity contribution in [2.24, 2.45) is 5.92 Å². The number of likely N-dealkylation sites (tertiary alicyclic amines) is 1. The number of aliphatic carboxylic acids is 1. The third-order valence-electron chi connectivity index (χ3n) is 7.75. The number of nitrogens with zero attached hydrogens (tertiary/aromatic N) is 1. The number of alkyl carbamates (subject to hydrolysis) is 1. The number of hydrogen-bond donors (Lipinski definition) is 2. The van der Waals surface area contributed by atoms with E-state index in [1.54, 1.807) is 0 Å². The van der Waals surface area contributed by atoms with Crippen LogP contribution in [0.1, 0.15) is 62.0 Å². The summed E-state index contributed by atoms with van der Waals surface area (Å²) in [6, 6.07) is 16.6. The van der Waals surface area contributed by atoms with Gasteiger partial charge in [-0.05, 0) is 60.3 Å². The zero-order valence-corrected chi connectivity index (χ0v) is 19.8. The predicted molar refractivity (Wildman–Crippen MR) is 131 cm³/mol. The lowest BCUT2D eigenvalue weighted by atomic mass is 9.78. The molecule has 0 bridgehead atoms. The van der Waals surface area contributed by atoms with Crippen LogP contribution in [0.5, 0.6) is 0 Å². The van der Waals surface area contributed by atoms with Crippen molar-refractivity contribution >= 4 is 18.0 Å². The summed E-state index contributed by atoms with van der Waals surface area (Å²) in [5.41, 5.74) is 4.78. The Morgan fingerprint density at radius 2 is 1.66 bits per heavy atom. The first kappa shape index (κ1) is 23.4. The summed E-state index contributed by atoms with van der Waals surface area (Å²) in [7, 11) is 0. The number of ether oxygens (including phenoxy) is 1. The molecular weight excluding hydrogens is 444 g/mol. The maximum atomic E-state index is 12.7. The van der Waals surface area contributed by atoms with Crippen molar-refractivity contribution in [3.05, 3.63) is 59.7 Å². The van der Waals surface area contributed by atoms with Gasteiger partial charge in [-0.1, -0.05) is 48.5 Å². The second kappa shape index (κ2) is 10.1. The Labute approximate surface area is 205 Å². The van der Waals surface area contributed by atoms with Gasteiger partial charge in [0.2, 0.25) is 5.91 Å². The second-order valence-corrected chi connectivity index (χ2v) is 10.0. The Hall–Kier alpha value is -3.35. The van der Waals surface area contributed by atoms with Gasteiger partial charge in [-0.25, -0.2) is 4.79 Å². The molecule has 1 saturated heterocycles. The number of carboxylic acids is 1. The molecule has 35 heavy (non-hydrogen) atoms. The first-order chi connectivity index (χ1) is 17.0. The SMILES string of the molecule is O=C(O)CCC1CCCN1C(=O)CC1CC(NC(=O)OCC2c3ccccc3-c3ccccc32)C1. The van der Waals surface area contributed by atoms with Gasteiger partial charge in [-0.3, -0.25) is 9.59 Å². The lowest BCUT2D eigenvalue weighted by molar-refractivity contribution is -0.139. The van der Waals surface area contributed by atoms with Crippen LogP contribution in [0.15, 0.2) is 48.5 Å². The second-order valence-electron chi connectivity index (χ2n) is 10.0. The van der Waals surface area contributed by atoms with Gasteiger partial charge in [-0.15, -0.1) is 0 Å². The van der Waals surface area contributed by atoms with Crippen LogP contribution in [0.3, 0.4) is 0 Å². The van der Waals surface area contributed by atoms with Crippen LogP contribution in [-0.4, -0.2) is 53.2 Å². The highest BCUT2D eigenvalue weighted by atomic mass is 16.5. The van der Waals surface area contributed by atoms with Crippen LogP contribution in [0.4, 0.5) is 4.79 Å². The minimum atomic E-state index is -0.814. The number of carbonyl (C=O) groups excluding carboxylic acids is 2. The molecule has 3 aliphatic rings. The van der Waals surface area contributed by atoms with E-state index in [4.69, 9.17) is 9.84 Å². The molecule has 2 aromatic carbocycles. The number of amides is 2. The summed E-state index contributed by atoms with van der Waals surface area (Å²) in [5.74, 6) is -0.413. The smallest absolute Gasteiger partial charge is 0.407 e. The predicted octanol–water partition coefficient (Wildman–Crippen LogP) is 4.55. The van der Waals surface area contributed by atoms with Crippen molar-refractivity contribution in [3.63, 3.8) is 0 Å². The van der Waals surface area contributed by atoms with Crippen LogP contribution in [0.25, 0.3) is 11.1 Å². The van der Waals surface area contributed by atoms with Gasteiger partial charge in [-0.2, -0.15) is 0 Å². The van der Waals surface area contributed by atoms with E-state index in [0.29, 0.717) is 19.4 Å². The maximum Gasteiger partial charge on any atom is 0.407 e. The third kappa shape index (κ3) is 5.04. The number of nitrogens with one attached hydrogen (secondary N) is 1. The van der Waals surface area contributed by atoms with Gasteiger partial charge in [0.15, 0.2) is 0 Å². The van der Waals surface area contributed by atoms with Crippen molar-refractivity contribution in [3.8, 4) is 11.1 Å². The monoisotopic (exact) mass is 476 g/mol. The molecule has 0 radical (unpaired) electrons. The van der Waals surface area contributed by atoms with Gasteiger partial charge in [0.25, 0.3) is 0 Å². The number of rotatable bonds is 8. The molecule has 7 heteroatoms. The fourth-order valence-corrected chi connectivity index (χ4v) is 5.95. The van der Waals surface area contributed by atoms with E-state index in [-0.39, 0.29) is 36.2 Å². The molecule has 1 heterocycles. The quantitative estimate of drug-likeness (QED) is 0.583. The summed E-state index contributed by atoms with van der Waals surface area (Å²) < 4.78 is 5.63. The summed E-state index contributed by atoms with van der Waals surface area (Å²) in [6.45, 7) is 1.01. The lowest BCUT2D eigenvalue weighted by Gasteiger charge is -2.36. The van der Waals surface area contributed by atoms with Gasteiger partial charge in [0.1, 0.15) is 6.61 Å². The highest BCUT2D eigenvalue weighted by Gasteiger charge is 2.36. The van der Waals surface area contributed by atoms with E-state index in [2.05, 4.69) is 29.6 Å². The molecule has 2 fully saturated rings. The van der Waals surface area contributed by atoms with E-state index >= 15 is 0 Å². The normalized spacial score (nSPS) is 22.7. The van der Waals surface area contributed by atoms with Gasteiger partial charge in [0.05, 0.1) is 0 Å². The Bertz CT molecular complexity index is 1060. The molecule has 2 aromatic rings. The maximum absolute atomic E-state index is 12.7. The molecule has 184 valence electrons. The number of carboxylic acid groups (broad SMARTS) is 1. The zero-order valence-electron chi connectivity index (χ0n) is 19.8. The van der Waals surface area contributed by atoms with E-state index < -0.39 is 12.1 Å². The largest absolute Gasteiger partial charge is 0.481 e. The summed E-state index contributed by atoms with van der Waals surface area (Å²) >= 11 is 0. The topological polar surface area (TPSA) is 95.9 Å². The van der Waals surface area contributed by atoms with Gasteiger partial charge >= 0.3 is 12.1 Å². The summed E-state index contributed by atoms with van der Waals surface area (Å²) in [5, 5.41) is 11.9. The summed E-state index contributed by atoms with van der Waals surface area (Å²) in [4.78, 5) is 38.0. The standard InChI is InChI=1S/C28H32N2O5/c31-26(30-13-5-6-20(30)11-12-27(32)33)16-18-14-19(15-18)29-28(34)35-17-25-23-9-3-1-7-21(23)22-8-2-4-10-24(22)25/h1-4,7-10,18-20,25H,5-6,11-17H2,(H,29,34)(H,32,33). The Morgan fingerprint density at radius 3 is 2.31 bits per heavy atom. The average Bonchev–Trinajstić information content (AvgIpc) is 3.43. The zero-order chi connectivity index (χ0) is 24.4.